The second-order valence-corrected chi connectivity index (χ2v) is 11.1. The van der Waals surface area contributed by atoms with Crippen LogP contribution in [0.25, 0.3) is 0 Å². The zero-order valence-electron chi connectivity index (χ0n) is 15.6. The van der Waals surface area contributed by atoms with Crippen molar-refractivity contribution in [3.63, 3.8) is 0 Å². The fourth-order valence-corrected chi connectivity index (χ4v) is 6.09. The maximum absolute atomic E-state index is 10.7. The molecule has 29 heavy (non-hydrogen) atoms. The van der Waals surface area contributed by atoms with Crippen molar-refractivity contribution < 1.29 is 25.2 Å². The monoisotopic (exact) mass is 448 g/mol. The summed E-state index contributed by atoms with van der Waals surface area (Å²) in [6.07, 6.45) is 0. The Morgan fingerprint density at radius 3 is 1.34 bits per heavy atom. The first kappa shape index (κ1) is 21.7. The van der Waals surface area contributed by atoms with Crippen LogP contribution in [0.5, 0.6) is 0 Å². The van der Waals surface area contributed by atoms with E-state index in [1.807, 2.05) is 0 Å². The topological polar surface area (TPSA) is 0 Å². The summed E-state index contributed by atoms with van der Waals surface area (Å²) in [6.45, 7) is 4.69. The molecule has 1 aliphatic heterocycles. The van der Waals surface area contributed by atoms with Crippen LogP contribution in [0, 0.1) is 0 Å². The number of benzene rings is 3. The first-order valence-corrected chi connectivity index (χ1v) is 11.9. The zero-order valence-corrected chi connectivity index (χ0v) is 17.3. The van der Waals surface area contributed by atoms with Crippen molar-refractivity contribution in [3.05, 3.63) is 90.0 Å². The van der Waals surface area contributed by atoms with Crippen molar-refractivity contribution in [2.75, 3.05) is 0 Å². The Morgan fingerprint density at radius 1 is 0.586 bits per heavy atom. The van der Waals surface area contributed by atoms with Gasteiger partial charge in [-0.25, -0.2) is 0 Å². The quantitative estimate of drug-likeness (QED) is 0.198. The molecular formula is C21H19F6PS. The molecule has 0 amide bonds. The van der Waals surface area contributed by atoms with Gasteiger partial charge in [-0.2, -0.15) is 0 Å². The van der Waals surface area contributed by atoms with Gasteiger partial charge in [0.2, 0.25) is 0 Å². The van der Waals surface area contributed by atoms with Crippen LogP contribution in [0.15, 0.2) is 93.5 Å². The maximum atomic E-state index is 9.87. The molecule has 0 bridgehead atoms. The van der Waals surface area contributed by atoms with Crippen molar-refractivity contribution in [2.24, 2.45) is 0 Å². The molecule has 4 rings (SSSR count). The van der Waals surface area contributed by atoms with E-state index in [2.05, 4.69) is 92.7 Å². The van der Waals surface area contributed by atoms with Gasteiger partial charge >= 0.3 is 33.0 Å². The molecule has 0 spiro atoms. The molecule has 0 saturated carbocycles. The third-order valence-corrected chi connectivity index (χ3v) is 6.87. The average molecular weight is 448 g/mol. The molecule has 3 aromatic rings. The summed E-state index contributed by atoms with van der Waals surface area (Å²) in [7, 11) is -10.7. The second-order valence-electron chi connectivity index (χ2n) is 7.19. The molecule has 0 N–H and O–H groups in total. The Morgan fingerprint density at radius 2 is 0.931 bits per heavy atom. The molecule has 8 heteroatoms. The van der Waals surface area contributed by atoms with Crippen LogP contribution >= 0.6 is 7.81 Å². The van der Waals surface area contributed by atoms with Gasteiger partial charge in [0.25, 0.3) is 0 Å². The minimum atomic E-state index is -10.7. The molecule has 1 aliphatic rings. The van der Waals surface area contributed by atoms with Gasteiger partial charge in [-0.15, -0.1) is 0 Å². The summed E-state index contributed by atoms with van der Waals surface area (Å²) in [5.41, 5.74) is 2.98. The fourth-order valence-electron chi connectivity index (χ4n) is 3.40. The Kier molecular flexibility index (Phi) is 4.88. The van der Waals surface area contributed by atoms with Crippen molar-refractivity contribution in [1.29, 1.82) is 0 Å². The van der Waals surface area contributed by atoms with Gasteiger partial charge in [-0.3, -0.25) is 0 Å². The molecule has 0 aromatic heterocycles. The van der Waals surface area contributed by atoms with Crippen molar-refractivity contribution in [1.82, 2.24) is 0 Å². The third kappa shape index (κ3) is 5.55. The van der Waals surface area contributed by atoms with Gasteiger partial charge in [-0.05, 0) is 24.3 Å². The van der Waals surface area contributed by atoms with E-state index in [0.29, 0.717) is 0 Å². The standard InChI is InChI=1S/C21H19S.F6P/c1-21(2)17-12-6-8-14-19(17)22(16-10-4-3-5-11-16)20-15-9-7-13-18(20)21;1-7(2,3,4,5)6/h3-15H,1-2H3;/q+1;-1. The van der Waals surface area contributed by atoms with E-state index >= 15 is 0 Å². The van der Waals surface area contributed by atoms with E-state index < -0.39 is 7.81 Å². The molecule has 0 saturated heterocycles. The summed E-state index contributed by atoms with van der Waals surface area (Å²) < 4.78 is 59.2. The van der Waals surface area contributed by atoms with Gasteiger partial charge in [-0.1, -0.05) is 68.4 Å². The molecule has 0 fully saturated rings. The van der Waals surface area contributed by atoms with E-state index in [1.54, 1.807) is 0 Å². The molecule has 0 unspecified atom stereocenters. The number of fused-ring (bicyclic) bond motifs is 2. The van der Waals surface area contributed by atoms with E-state index in [1.165, 1.54) is 25.8 Å². The van der Waals surface area contributed by atoms with Crippen LogP contribution in [0.1, 0.15) is 25.0 Å². The second kappa shape index (κ2) is 6.51. The number of rotatable bonds is 1. The van der Waals surface area contributed by atoms with Gasteiger partial charge in [0, 0.05) is 16.5 Å². The van der Waals surface area contributed by atoms with Gasteiger partial charge in [0.05, 0.1) is 10.9 Å². The molecule has 1 heterocycles. The fraction of sp³-hybridized carbons (Fsp3) is 0.143. The van der Waals surface area contributed by atoms with Crippen LogP contribution in [0.2, 0.25) is 0 Å². The Bertz CT molecular complexity index is 969. The van der Waals surface area contributed by atoms with Crippen LogP contribution in [0.3, 0.4) is 0 Å². The summed E-state index contributed by atoms with van der Waals surface area (Å²) in [4.78, 5) is 4.34. The van der Waals surface area contributed by atoms with Gasteiger partial charge in [0.1, 0.15) is 0 Å². The summed E-state index contributed by atoms with van der Waals surface area (Å²) >= 11 is 0. The SMILES string of the molecule is CC1(C)c2ccccc2[S+](c2ccccc2)c2ccccc21.F[P-](F)(F)(F)(F)F. The Balaban J connectivity index is 0.000000298. The van der Waals surface area contributed by atoms with Crippen LogP contribution < -0.4 is 0 Å². The predicted molar refractivity (Wildman–Crippen MR) is 107 cm³/mol. The van der Waals surface area contributed by atoms with Gasteiger partial charge < -0.3 is 0 Å². The van der Waals surface area contributed by atoms with Crippen molar-refractivity contribution in [2.45, 2.75) is 33.9 Å². The van der Waals surface area contributed by atoms with Crippen LogP contribution in [-0.4, -0.2) is 0 Å². The van der Waals surface area contributed by atoms with Crippen LogP contribution in [0.4, 0.5) is 25.2 Å². The number of hydrogen-bond acceptors (Lipinski definition) is 0. The molecule has 156 valence electrons. The molecule has 0 atom stereocenters. The minimum absolute atomic E-state index is 0.00451. The molecule has 0 radical (unpaired) electrons. The molecule has 3 aromatic carbocycles. The molecule has 0 nitrogen and oxygen atoms in total. The summed E-state index contributed by atoms with van der Waals surface area (Å²) in [5, 5.41) is 0. The Labute approximate surface area is 168 Å². The average Bonchev–Trinajstić information content (AvgIpc) is 2.60. The van der Waals surface area contributed by atoms with E-state index in [-0.39, 0.29) is 16.3 Å². The zero-order chi connectivity index (χ0) is 21.6. The predicted octanol–water partition coefficient (Wildman–Crippen LogP) is 8.80. The number of halogens is 6. The Hall–Kier alpha value is -1.98. The number of hydrogen-bond donors (Lipinski definition) is 0. The van der Waals surface area contributed by atoms with Crippen LogP contribution in [-0.2, 0) is 16.3 Å². The first-order valence-electron chi connectivity index (χ1n) is 8.69. The first-order chi connectivity index (χ1) is 13.1. The van der Waals surface area contributed by atoms with Crippen molar-refractivity contribution >= 4 is 18.7 Å². The third-order valence-electron chi connectivity index (χ3n) is 4.54. The molecule has 0 aliphatic carbocycles. The summed E-state index contributed by atoms with van der Waals surface area (Å²) in [6, 6.07) is 28.8. The van der Waals surface area contributed by atoms with E-state index in [4.69, 9.17) is 0 Å². The summed E-state index contributed by atoms with van der Waals surface area (Å²) in [5.74, 6) is 0. The van der Waals surface area contributed by atoms with E-state index in [9.17, 15) is 25.2 Å². The van der Waals surface area contributed by atoms with Gasteiger partial charge in [0.15, 0.2) is 14.7 Å². The van der Waals surface area contributed by atoms with Crippen molar-refractivity contribution in [3.8, 4) is 0 Å². The van der Waals surface area contributed by atoms with E-state index in [0.717, 1.165) is 0 Å². The normalized spacial score (nSPS) is 17.7. The molecular weight excluding hydrogens is 429 g/mol.